The van der Waals surface area contributed by atoms with Crippen LogP contribution in [0.5, 0.6) is 0 Å². The lowest BCUT2D eigenvalue weighted by Gasteiger charge is -2.42. The van der Waals surface area contributed by atoms with Crippen LogP contribution in [-0.4, -0.2) is 47.1 Å². The molecule has 0 atom stereocenters. The van der Waals surface area contributed by atoms with Crippen LogP contribution in [0.25, 0.3) is 0 Å². The number of hydrogen-bond acceptors (Lipinski definition) is 0. The van der Waals surface area contributed by atoms with Gasteiger partial charge in [0.25, 0.3) is 0 Å². The number of halogens is 13. The van der Waals surface area contributed by atoms with Crippen molar-refractivity contribution < 1.29 is 57.1 Å². The highest BCUT2D eigenvalue weighted by Gasteiger charge is 2.90. The Hall–Kier alpha value is -2.04. The summed E-state index contributed by atoms with van der Waals surface area (Å²) in [5.41, 5.74) is 0. The van der Waals surface area contributed by atoms with Crippen LogP contribution in [-0.2, 0) is 0 Å². The Morgan fingerprint density at radius 1 is 0.500 bits per heavy atom. The van der Waals surface area contributed by atoms with Crippen LogP contribution in [0.15, 0.2) is 60.7 Å². The Balaban J connectivity index is 2.65. The number of alkyl halides is 13. The zero-order valence-electron chi connectivity index (χ0n) is 20.0. The maximum absolute atomic E-state index is 14.8. The summed E-state index contributed by atoms with van der Waals surface area (Å²) in [6, 6.07) is 15.0. The van der Waals surface area contributed by atoms with Gasteiger partial charge >= 0.3 is 35.8 Å². The standard InChI is InChI=1S/C24H23F13P/c1-18(2,3)38(16-10-6-4-7-11-16,17-12-8-5-9-13-17)15-14-19(25,26)20(27,28)21(29,30)22(31,32)23(33,34)24(35,36)37/h4-13H,14-15H2,1-3H3/q+1. The quantitative estimate of drug-likeness (QED) is 0.203. The molecule has 14 heteroatoms. The van der Waals surface area contributed by atoms with Crippen molar-refractivity contribution in [3.05, 3.63) is 60.7 Å². The second kappa shape index (κ2) is 9.86. The van der Waals surface area contributed by atoms with E-state index in [1.807, 2.05) is 0 Å². The molecule has 0 heterocycles. The molecule has 2 rings (SSSR count). The van der Waals surface area contributed by atoms with Crippen molar-refractivity contribution in [3.63, 3.8) is 0 Å². The lowest BCUT2D eigenvalue weighted by Crippen LogP contribution is -2.70. The summed E-state index contributed by atoms with van der Waals surface area (Å²) in [7, 11) is -3.28. The zero-order chi connectivity index (χ0) is 29.6. The van der Waals surface area contributed by atoms with E-state index in [1.165, 1.54) is 48.5 Å². The van der Waals surface area contributed by atoms with E-state index in [4.69, 9.17) is 0 Å². The number of hydrogen-bond donors (Lipinski definition) is 0. The summed E-state index contributed by atoms with van der Waals surface area (Å²) in [6.07, 6.45) is -10.7. The summed E-state index contributed by atoms with van der Waals surface area (Å²) < 4.78 is 177. The molecule has 0 fully saturated rings. The third kappa shape index (κ3) is 4.88. The Kier molecular flexibility index (Phi) is 8.34. The van der Waals surface area contributed by atoms with E-state index >= 15 is 0 Å². The van der Waals surface area contributed by atoms with E-state index in [0.29, 0.717) is 10.6 Å². The highest BCUT2D eigenvalue weighted by molar-refractivity contribution is 7.90. The normalized spacial score (nSPS) is 15.1. The molecular formula is C24H23F13P+. The second-order valence-electron chi connectivity index (χ2n) is 9.63. The van der Waals surface area contributed by atoms with Gasteiger partial charge < -0.3 is 0 Å². The molecule has 0 aromatic heterocycles. The van der Waals surface area contributed by atoms with Crippen molar-refractivity contribution in [2.24, 2.45) is 0 Å². The second-order valence-corrected chi connectivity index (χ2v) is 14.1. The third-order valence-electron chi connectivity index (χ3n) is 6.30. The van der Waals surface area contributed by atoms with Crippen molar-refractivity contribution in [1.29, 1.82) is 0 Å². The van der Waals surface area contributed by atoms with Gasteiger partial charge in [-0.2, -0.15) is 57.1 Å². The first-order valence-corrected chi connectivity index (χ1v) is 12.8. The summed E-state index contributed by atoms with van der Waals surface area (Å²) in [6.45, 7) is 4.68. The summed E-state index contributed by atoms with van der Waals surface area (Å²) in [4.78, 5) is 0. The van der Waals surface area contributed by atoms with Crippen molar-refractivity contribution in [3.8, 4) is 0 Å². The molecule has 0 N–H and O–H groups in total. The molecule has 214 valence electrons. The molecule has 38 heavy (non-hydrogen) atoms. The van der Waals surface area contributed by atoms with Gasteiger partial charge in [-0.25, -0.2) is 0 Å². The largest absolute Gasteiger partial charge is 0.460 e. The number of rotatable bonds is 9. The molecule has 0 spiro atoms. The Morgan fingerprint density at radius 2 is 0.842 bits per heavy atom. The summed E-state index contributed by atoms with van der Waals surface area (Å²) >= 11 is 0. The first kappa shape index (κ1) is 32.2. The van der Waals surface area contributed by atoms with Gasteiger partial charge in [-0.3, -0.25) is 0 Å². The molecule has 2 aromatic carbocycles. The predicted octanol–water partition coefficient (Wildman–Crippen LogP) is 8.58. The first-order valence-electron chi connectivity index (χ1n) is 10.9. The topological polar surface area (TPSA) is 0 Å². The maximum Gasteiger partial charge on any atom is 0.460 e. The van der Waals surface area contributed by atoms with Gasteiger partial charge in [0.1, 0.15) is 0 Å². The molecule has 0 unspecified atom stereocenters. The zero-order valence-corrected chi connectivity index (χ0v) is 20.9. The summed E-state index contributed by atoms with van der Waals surface area (Å²) in [5.74, 6) is -36.8. The van der Waals surface area contributed by atoms with Crippen LogP contribution in [0, 0.1) is 0 Å². The molecule has 0 bridgehead atoms. The van der Waals surface area contributed by atoms with Crippen LogP contribution in [0.4, 0.5) is 57.1 Å². The third-order valence-corrected chi connectivity index (χ3v) is 11.8. The maximum atomic E-state index is 14.8. The molecule has 0 nitrogen and oxygen atoms in total. The highest BCUT2D eigenvalue weighted by atomic mass is 31.2. The Morgan fingerprint density at radius 3 is 1.16 bits per heavy atom. The molecule has 0 amide bonds. The molecule has 0 aliphatic carbocycles. The van der Waals surface area contributed by atoms with Crippen molar-refractivity contribution in [2.45, 2.75) is 68.1 Å². The van der Waals surface area contributed by atoms with E-state index in [0.717, 1.165) is 0 Å². The molecular weight excluding hydrogens is 566 g/mol. The minimum Gasteiger partial charge on any atom is -0.199 e. The molecule has 0 aliphatic rings. The lowest BCUT2D eigenvalue weighted by atomic mass is 9.93. The fourth-order valence-corrected chi connectivity index (χ4v) is 9.16. The average molecular weight is 589 g/mol. The van der Waals surface area contributed by atoms with E-state index in [9.17, 15) is 57.1 Å². The predicted molar refractivity (Wildman–Crippen MR) is 119 cm³/mol. The minimum atomic E-state index is -7.90. The van der Waals surface area contributed by atoms with Crippen LogP contribution in [0.2, 0.25) is 0 Å². The van der Waals surface area contributed by atoms with Crippen LogP contribution < -0.4 is 10.6 Å². The van der Waals surface area contributed by atoms with Crippen LogP contribution in [0.3, 0.4) is 0 Å². The SMILES string of the molecule is CC(C)(C)[P+](CCC(F)(F)C(F)(F)C(F)(F)C(F)(F)C(F)(F)C(F)(F)F)(c1ccccc1)c1ccccc1. The molecule has 0 saturated heterocycles. The Labute approximate surface area is 210 Å². The van der Waals surface area contributed by atoms with Gasteiger partial charge in [-0.05, 0) is 45.0 Å². The van der Waals surface area contributed by atoms with Gasteiger partial charge in [0.05, 0.1) is 35.6 Å². The van der Waals surface area contributed by atoms with Gasteiger partial charge in [-0.1, -0.05) is 36.4 Å². The molecule has 2 aromatic rings. The smallest absolute Gasteiger partial charge is 0.199 e. The van der Waals surface area contributed by atoms with E-state index in [1.54, 1.807) is 32.9 Å². The monoisotopic (exact) mass is 589 g/mol. The van der Waals surface area contributed by atoms with Gasteiger partial charge in [0, 0.05) is 0 Å². The minimum absolute atomic E-state index is 0.360. The van der Waals surface area contributed by atoms with Crippen LogP contribution >= 0.6 is 7.26 Å². The fourth-order valence-electron chi connectivity index (χ4n) is 4.15. The van der Waals surface area contributed by atoms with Gasteiger partial charge in [0.2, 0.25) is 0 Å². The average Bonchev–Trinajstić information content (AvgIpc) is 2.78. The molecule has 0 aliphatic heterocycles. The summed E-state index contributed by atoms with van der Waals surface area (Å²) in [5, 5.41) is -0.298. The van der Waals surface area contributed by atoms with E-state index in [-0.39, 0.29) is 0 Å². The van der Waals surface area contributed by atoms with Gasteiger partial charge in [-0.15, -0.1) is 0 Å². The number of benzene rings is 2. The van der Waals surface area contributed by atoms with Crippen molar-refractivity contribution in [2.75, 3.05) is 6.16 Å². The van der Waals surface area contributed by atoms with E-state index in [2.05, 4.69) is 0 Å². The van der Waals surface area contributed by atoms with E-state index < -0.39 is 60.8 Å². The lowest BCUT2D eigenvalue weighted by molar-refractivity contribution is -0.439. The Bertz CT molecular complexity index is 1030. The van der Waals surface area contributed by atoms with Crippen molar-refractivity contribution in [1.82, 2.24) is 0 Å². The van der Waals surface area contributed by atoms with Gasteiger partial charge in [0.15, 0.2) is 0 Å². The van der Waals surface area contributed by atoms with Crippen molar-refractivity contribution >= 4 is 17.9 Å². The molecule has 0 radical (unpaired) electrons. The molecule has 0 saturated carbocycles. The highest BCUT2D eigenvalue weighted by Crippen LogP contribution is 2.68. The first-order chi connectivity index (χ1) is 16.9. The van der Waals surface area contributed by atoms with Crippen LogP contribution in [0.1, 0.15) is 27.2 Å². The fraction of sp³-hybridized carbons (Fsp3) is 0.500.